The molecule has 1 N–H and O–H groups in total. The van der Waals surface area contributed by atoms with Crippen LogP contribution in [0.5, 0.6) is 5.75 Å². The summed E-state index contributed by atoms with van der Waals surface area (Å²) < 4.78 is 5.32. The fraction of sp³-hybridized carbons (Fsp3) is 0.571. The van der Waals surface area contributed by atoms with Crippen LogP contribution in [-0.4, -0.2) is 13.7 Å². The molecule has 0 fully saturated rings. The average molecular weight is 221 g/mol. The van der Waals surface area contributed by atoms with Gasteiger partial charge >= 0.3 is 0 Å². The first-order chi connectivity index (χ1) is 7.63. The standard InChI is InChI=1S/C14H23NO/c1-11(2)6-5-9-15-13-10-12(3)7-8-14(13)16-4/h7-8,10-11,15H,5-6,9H2,1-4H3. The predicted octanol–water partition coefficient (Wildman–Crippen LogP) is 3.85. The zero-order chi connectivity index (χ0) is 12.0. The Labute approximate surface area is 99.0 Å². The van der Waals surface area contributed by atoms with Crippen molar-refractivity contribution in [3.63, 3.8) is 0 Å². The smallest absolute Gasteiger partial charge is 0.141 e. The Balaban J connectivity index is 2.48. The minimum atomic E-state index is 0.779. The molecule has 0 amide bonds. The molecule has 1 aromatic carbocycles. The number of benzene rings is 1. The molecule has 0 saturated heterocycles. The second-order valence-corrected chi connectivity index (χ2v) is 4.67. The third kappa shape index (κ3) is 4.13. The van der Waals surface area contributed by atoms with Crippen molar-refractivity contribution in [2.75, 3.05) is 19.0 Å². The highest BCUT2D eigenvalue weighted by Gasteiger charge is 2.02. The van der Waals surface area contributed by atoms with Gasteiger partial charge in [-0.3, -0.25) is 0 Å². The van der Waals surface area contributed by atoms with E-state index in [1.165, 1.54) is 18.4 Å². The molecule has 0 aliphatic heterocycles. The minimum Gasteiger partial charge on any atom is -0.495 e. The molecule has 0 aromatic heterocycles. The quantitative estimate of drug-likeness (QED) is 0.737. The summed E-state index contributed by atoms with van der Waals surface area (Å²) in [5.41, 5.74) is 2.36. The van der Waals surface area contributed by atoms with E-state index in [0.717, 1.165) is 23.9 Å². The molecule has 0 aliphatic rings. The molecule has 0 spiro atoms. The first-order valence-electron chi connectivity index (χ1n) is 6.02. The van der Waals surface area contributed by atoms with Crippen molar-refractivity contribution >= 4 is 5.69 Å². The van der Waals surface area contributed by atoms with E-state index in [4.69, 9.17) is 4.74 Å². The van der Waals surface area contributed by atoms with Crippen molar-refractivity contribution in [2.24, 2.45) is 5.92 Å². The Hall–Kier alpha value is -1.18. The van der Waals surface area contributed by atoms with E-state index in [0.29, 0.717) is 0 Å². The number of rotatable bonds is 6. The first-order valence-corrected chi connectivity index (χ1v) is 6.02. The number of anilines is 1. The lowest BCUT2D eigenvalue weighted by Gasteiger charge is -2.12. The van der Waals surface area contributed by atoms with Crippen molar-refractivity contribution in [1.82, 2.24) is 0 Å². The molecule has 0 atom stereocenters. The normalized spacial score (nSPS) is 10.6. The molecule has 2 heteroatoms. The van der Waals surface area contributed by atoms with Crippen molar-refractivity contribution in [3.05, 3.63) is 23.8 Å². The maximum absolute atomic E-state index is 5.32. The van der Waals surface area contributed by atoms with Gasteiger partial charge in [0.2, 0.25) is 0 Å². The summed E-state index contributed by atoms with van der Waals surface area (Å²) in [6.07, 6.45) is 2.47. The molecule has 90 valence electrons. The molecule has 0 bridgehead atoms. The van der Waals surface area contributed by atoms with E-state index in [9.17, 15) is 0 Å². The zero-order valence-corrected chi connectivity index (χ0v) is 10.8. The Morgan fingerprint density at radius 3 is 2.69 bits per heavy atom. The summed E-state index contributed by atoms with van der Waals surface area (Å²) in [5, 5.41) is 3.44. The van der Waals surface area contributed by atoms with Gasteiger partial charge in [0.05, 0.1) is 12.8 Å². The highest BCUT2D eigenvalue weighted by atomic mass is 16.5. The third-order valence-corrected chi connectivity index (χ3v) is 2.63. The Kier molecular flexibility index (Phi) is 5.17. The second-order valence-electron chi connectivity index (χ2n) is 4.67. The van der Waals surface area contributed by atoms with Crippen molar-refractivity contribution in [1.29, 1.82) is 0 Å². The largest absolute Gasteiger partial charge is 0.495 e. The van der Waals surface area contributed by atoms with Crippen LogP contribution in [0, 0.1) is 12.8 Å². The number of methoxy groups -OCH3 is 1. The highest BCUT2D eigenvalue weighted by Crippen LogP contribution is 2.25. The van der Waals surface area contributed by atoms with E-state index in [1.807, 2.05) is 6.07 Å². The maximum Gasteiger partial charge on any atom is 0.141 e. The van der Waals surface area contributed by atoms with Gasteiger partial charge in [-0.25, -0.2) is 0 Å². The number of hydrogen-bond acceptors (Lipinski definition) is 2. The summed E-state index contributed by atoms with van der Waals surface area (Å²) in [4.78, 5) is 0. The van der Waals surface area contributed by atoms with Gasteiger partial charge in [0.15, 0.2) is 0 Å². The molecule has 2 nitrogen and oxygen atoms in total. The highest BCUT2D eigenvalue weighted by molar-refractivity contribution is 5.57. The van der Waals surface area contributed by atoms with Gasteiger partial charge in [-0.1, -0.05) is 19.9 Å². The lowest BCUT2D eigenvalue weighted by Crippen LogP contribution is -2.04. The molecule has 0 saturated carbocycles. The van der Waals surface area contributed by atoms with E-state index in [-0.39, 0.29) is 0 Å². The van der Waals surface area contributed by atoms with Crippen LogP contribution in [-0.2, 0) is 0 Å². The number of hydrogen-bond donors (Lipinski definition) is 1. The van der Waals surface area contributed by atoms with Crippen LogP contribution in [0.15, 0.2) is 18.2 Å². The Morgan fingerprint density at radius 1 is 1.31 bits per heavy atom. The Bertz CT molecular complexity index is 321. The van der Waals surface area contributed by atoms with Gasteiger partial charge in [-0.2, -0.15) is 0 Å². The van der Waals surface area contributed by atoms with Crippen LogP contribution in [0.25, 0.3) is 0 Å². The SMILES string of the molecule is COc1ccc(C)cc1NCCCC(C)C. The van der Waals surface area contributed by atoms with Crippen LogP contribution < -0.4 is 10.1 Å². The van der Waals surface area contributed by atoms with E-state index >= 15 is 0 Å². The fourth-order valence-electron chi connectivity index (χ4n) is 1.69. The molecular formula is C14H23NO. The van der Waals surface area contributed by atoms with Crippen molar-refractivity contribution < 1.29 is 4.74 Å². The molecule has 16 heavy (non-hydrogen) atoms. The van der Waals surface area contributed by atoms with Gasteiger partial charge in [0.25, 0.3) is 0 Å². The fourth-order valence-corrected chi connectivity index (χ4v) is 1.69. The zero-order valence-electron chi connectivity index (χ0n) is 10.8. The molecule has 1 aromatic rings. The molecule has 1 rings (SSSR count). The van der Waals surface area contributed by atoms with Crippen LogP contribution >= 0.6 is 0 Å². The van der Waals surface area contributed by atoms with Crippen LogP contribution in [0.4, 0.5) is 5.69 Å². The lowest BCUT2D eigenvalue weighted by atomic mass is 10.1. The molecule has 0 radical (unpaired) electrons. The molecule has 0 heterocycles. The summed E-state index contributed by atoms with van der Waals surface area (Å²) in [6.45, 7) is 7.62. The minimum absolute atomic E-state index is 0.779. The third-order valence-electron chi connectivity index (χ3n) is 2.63. The molecule has 0 unspecified atom stereocenters. The van der Waals surface area contributed by atoms with E-state index in [1.54, 1.807) is 7.11 Å². The Morgan fingerprint density at radius 2 is 2.06 bits per heavy atom. The van der Waals surface area contributed by atoms with Gasteiger partial charge in [0, 0.05) is 6.54 Å². The molecule has 0 aliphatic carbocycles. The van der Waals surface area contributed by atoms with Gasteiger partial charge in [-0.05, 0) is 43.4 Å². The maximum atomic E-state index is 5.32. The lowest BCUT2D eigenvalue weighted by molar-refractivity contribution is 0.416. The predicted molar refractivity (Wildman–Crippen MR) is 70.3 cm³/mol. The van der Waals surface area contributed by atoms with Crippen molar-refractivity contribution in [2.45, 2.75) is 33.6 Å². The average Bonchev–Trinajstić information content (AvgIpc) is 2.24. The van der Waals surface area contributed by atoms with E-state index < -0.39 is 0 Å². The summed E-state index contributed by atoms with van der Waals surface area (Å²) in [7, 11) is 1.71. The number of aryl methyl sites for hydroxylation is 1. The van der Waals surface area contributed by atoms with E-state index in [2.05, 4.69) is 38.2 Å². The topological polar surface area (TPSA) is 21.3 Å². The second kappa shape index (κ2) is 6.41. The molecular weight excluding hydrogens is 198 g/mol. The van der Waals surface area contributed by atoms with Gasteiger partial charge < -0.3 is 10.1 Å². The van der Waals surface area contributed by atoms with Crippen molar-refractivity contribution in [3.8, 4) is 5.75 Å². The first kappa shape index (κ1) is 12.9. The van der Waals surface area contributed by atoms with Gasteiger partial charge in [-0.15, -0.1) is 0 Å². The monoisotopic (exact) mass is 221 g/mol. The summed E-state index contributed by atoms with van der Waals surface area (Å²) in [5.74, 6) is 1.70. The van der Waals surface area contributed by atoms with Crippen LogP contribution in [0.1, 0.15) is 32.3 Å². The number of nitrogens with one attached hydrogen (secondary N) is 1. The summed E-state index contributed by atoms with van der Waals surface area (Å²) in [6, 6.07) is 6.21. The van der Waals surface area contributed by atoms with Gasteiger partial charge in [0.1, 0.15) is 5.75 Å². The van der Waals surface area contributed by atoms with Crippen LogP contribution in [0.2, 0.25) is 0 Å². The summed E-state index contributed by atoms with van der Waals surface area (Å²) >= 11 is 0. The number of ether oxygens (including phenoxy) is 1. The van der Waals surface area contributed by atoms with Crippen LogP contribution in [0.3, 0.4) is 0 Å².